The van der Waals surface area contributed by atoms with Gasteiger partial charge in [-0.3, -0.25) is 10.1 Å². The fourth-order valence-corrected chi connectivity index (χ4v) is 4.35. The third kappa shape index (κ3) is 5.32. The summed E-state index contributed by atoms with van der Waals surface area (Å²) in [4.78, 5) is 39.0. The smallest absolute Gasteiger partial charge is 0.347 e. The zero-order chi connectivity index (χ0) is 23.3. The Kier molecular flexibility index (Phi) is 7.94. The van der Waals surface area contributed by atoms with Crippen LogP contribution in [0.1, 0.15) is 26.7 Å². The minimum absolute atomic E-state index is 0.0576. The summed E-state index contributed by atoms with van der Waals surface area (Å²) in [7, 11) is 0. The Balaban J connectivity index is 2.09. The number of anilines is 2. The van der Waals surface area contributed by atoms with E-state index in [-0.39, 0.29) is 41.9 Å². The van der Waals surface area contributed by atoms with E-state index < -0.39 is 22.7 Å². The second-order valence-corrected chi connectivity index (χ2v) is 8.47. The summed E-state index contributed by atoms with van der Waals surface area (Å²) in [6.45, 7) is 4.31. The third-order valence-corrected chi connectivity index (χ3v) is 6.02. The molecule has 0 unspecified atom stereocenters. The highest BCUT2D eigenvalue weighted by atomic mass is 32.2. The number of halogens is 1. The van der Waals surface area contributed by atoms with Crippen molar-refractivity contribution in [1.29, 1.82) is 0 Å². The number of hydrogen-bond acceptors (Lipinski definition) is 9. The predicted molar refractivity (Wildman–Crippen MR) is 119 cm³/mol. The molecule has 0 bridgehead atoms. The first-order chi connectivity index (χ1) is 15.4. The Bertz CT molecular complexity index is 895. The number of esters is 2. The van der Waals surface area contributed by atoms with E-state index in [9.17, 15) is 19.7 Å². The van der Waals surface area contributed by atoms with E-state index >= 15 is 4.39 Å². The molecule has 1 aromatic rings. The Morgan fingerprint density at radius 2 is 1.81 bits per heavy atom. The van der Waals surface area contributed by atoms with Crippen LogP contribution in [-0.2, 0) is 19.1 Å². The molecule has 32 heavy (non-hydrogen) atoms. The summed E-state index contributed by atoms with van der Waals surface area (Å²) in [6.07, 6.45) is 2.69. The maximum absolute atomic E-state index is 15.8. The number of hydrogen-bond donors (Lipinski definition) is 0. The monoisotopic (exact) mass is 467 g/mol. The first-order valence-electron chi connectivity index (χ1n) is 10.5. The molecule has 1 saturated heterocycles. The molecule has 0 radical (unpaired) electrons. The van der Waals surface area contributed by atoms with Gasteiger partial charge in [0.15, 0.2) is 17.1 Å². The number of carbonyl (C=O) groups is 2. The van der Waals surface area contributed by atoms with Gasteiger partial charge in [-0.25, -0.2) is 14.0 Å². The first-order valence-corrected chi connectivity index (χ1v) is 11.7. The molecule has 1 aliphatic heterocycles. The van der Waals surface area contributed by atoms with Gasteiger partial charge in [-0.05, 0) is 32.8 Å². The molecule has 2 fully saturated rings. The molecular formula is C21H26FN3O6S. The summed E-state index contributed by atoms with van der Waals surface area (Å²) in [5.74, 6) is -1.01. The van der Waals surface area contributed by atoms with E-state index in [0.717, 1.165) is 24.3 Å². The Morgan fingerprint density at radius 3 is 2.31 bits per heavy atom. The molecule has 0 atom stereocenters. The summed E-state index contributed by atoms with van der Waals surface area (Å²) in [5, 5.41) is 11.6. The van der Waals surface area contributed by atoms with Crippen molar-refractivity contribution < 1.29 is 28.4 Å². The van der Waals surface area contributed by atoms with Crippen molar-refractivity contribution in [3.8, 4) is 0 Å². The van der Waals surface area contributed by atoms with Crippen LogP contribution in [0.25, 0.3) is 0 Å². The molecule has 0 aromatic heterocycles. The molecule has 174 valence electrons. The highest BCUT2D eigenvalue weighted by Crippen LogP contribution is 2.41. The van der Waals surface area contributed by atoms with Gasteiger partial charge in [0.2, 0.25) is 0 Å². The number of nitro groups is 1. The molecule has 1 aromatic carbocycles. The standard InChI is InChI=1S/C21H26FN3O6S/c1-3-30-20(26)15(21(27)31-4-2)13-24(14-5-6-14)16-7-8-17(25(28)29)19(18(16)22)23-9-11-32-12-10-23/h7-8,13-14H,3-6,9-12H2,1-2H3. The largest absolute Gasteiger partial charge is 0.462 e. The van der Waals surface area contributed by atoms with Crippen LogP contribution in [0.2, 0.25) is 0 Å². The van der Waals surface area contributed by atoms with Crippen LogP contribution in [0, 0.1) is 15.9 Å². The fourth-order valence-electron chi connectivity index (χ4n) is 3.45. The van der Waals surface area contributed by atoms with Crippen LogP contribution in [0.15, 0.2) is 23.9 Å². The van der Waals surface area contributed by atoms with Crippen LogP contribution in [0.5, 0.6) is 0 Å². The molecule has 0 amide bonds. The van der Waals surface area contributed by atoms with Crippen LogP contribution in [-0.4, -0.2) is 60.7 Å². The second kappa shape index (κ2) is 10.7. The number of ether oxygens (including phenoxy) is 2. The van der Waals surface area contributed by atoms with Gasteiger partial charge in [0.25, 0.3) is 5.69 Å². The lowest BCUT2D eigenvalue weighted by Crippen LogP contribution is -2.34. The van der Waals surface area contributed by atoms with Crippen molar-refractivity contribution in [1.82, 2.24) is 0 Å². The molecule has 9 nitrogen and oxygen atoms in total. The summed E-state index contributed by atoms with van der Waals surface area (Å²) < 4.78 is 25.8. The van der Waals surface area contributed by atoms with Crippen molar-refractivity contribution in [3.05, 3.63) is 39.8 Å². The lowest BCUT2D eigenvalue weighted by molar-refractivity contribution is -0.384. The zero-order valence-corrected chi connectivity index (χ0v) is 18.9. The quantitative estimate of drug-likeness (QED) is 0.135. The van der Waals surface area contributed by atoms with E-state index in [0.29, 0.717) is 13.1 Å². The number of benzene rings is 1. The predicted octanol–water partition coefficient (Wildman–Crippen LogP) is 3.27. The topological polar surface area (TPSA) is 102 Å². The van der Waals surface area contributed by atoms with E-state index in [4.69, 9.17) is 9.47 Å². The summed E-state index contributed by atoms with van der Waals surface area (Å²) >= 11 is 1.71. The van der Waals surface area contributed by atoms with Gasteiger partial charge in [-0.15, -0.1) is 0 Å². The van der Waals surface area contributed by atoms with Gasteiger partial charge >= 0.3 is 11.9 Å². The number of carbonyl (C=O) groups excluding carboxylic acids is 2. The molecule has 3 rings (SSSR count). The average Bonchev–Trinajstić information content (AvgIpc) is 3.60. The van der Waals surface area contributed by atoms with Crippen molar-refractivity contribution in [3.63, 3.8) is 0 Å². The minimum atomic E-state index is -0.868. The molecule has 1 heterocycles. The SMILES string of the molecule is CCOC(=O)C(=CN(c1ccc([N+](=O)[O-])c(N2CCSCC2)c1F)C1CC1)C(=O)OCC. The highest BCUT2D eigenvalue weighted by Gasteiger charge is 2.36. The number of nitrogens with zero attached hydrogens (tertiary/aromatic N) is 3. The van der Waals surface area contributed by atoms with Gasteiger partial charge in [0.05, 0.1) is 23.8 Å². The maximum Gasteiger partial charge on any atom is 0.347 e. The lowest BCUT2D eigenvalue weighted by Gasteiger charge is -2.30. The molecule has 1 aliphatic carbocycles. The molecule has 11 heteroatoms. The zero-order valence-electron chi connectivity index (χ0n) is 18.0. The Hall–Kier alpha value is -2.82. The average molecular weight is 468 g/mol. The van der Waals surface area contributed by atoms with E-state index in [2.05, 4.69) is 0 Å². The number of thioether (sulfide) groups is 1. The van der Waals surface area contributed by atoms with Gasteiger partial charge in [0, 0.05) is 42.9 Å². The normalized spacial score (nSPS) is 15.7. The summed E-state index contributed by atoms with van der Waals surface area (Å²) in [6, 6.07) is 2.44. The maximum atomic E-state index is 15.8. The van der Waals surface area contributed by atoms with Crippen LogP contribution in [0.4, 0.5) is 21.5 Å². The van der Waals surface area contributed by atoms with Crippen molar-refractivity contribution >= 4 is 40.8 Å². The van der Waals surface area contributed by atoms with Gasteiger partial charge in [0.1, 0.15) is 0 Å². The molecule has 0 N–H and O–H groups in total. The third-order valence-electron chi connectivity index (χ3n) is 5.08. The van der Waals surface area contributed by atoms with Crippen molar-refractivity contribution in [2.45, 2.75) is 32.7 Å². The summed E-state index contributed by atoms with van der Waals surface area (Å²) in [5.41, 5.74) is -0.666. The second-order valence-electron chi connectivity index (χ2n) is 7.25. The van der Waals surface area contributed by atoms with Crippen LogP contribution >= 0.6 is 11.8 Å². The Morgan fingerprint density at radius 1 is 1.22 bits per heavy atom. The van der Waals surface area contributed by atoms with Gasteiger partial charge in [-0.1, -0.05) is 0 Å². The fraction of sp³-hybridized carbons (Fsp3) is 0.524. The van der Waals surface area contributed by atoms with Crippen LogP contribution < -0.4 is 9.80 Å². The minimum Gasteiger partial charge on any atom is -0.462 e. The molecule has 2 aliphatic rings. The van der Waals surface area contributed by atoms with E-state index in [1.54, 1.807) is 30.5 Å². The first kappa shape index (κ1) is 23.8. The van der Waals surface area contributed by atoms with Crippen molar-refractivity contribution in [2.75, 3.05) is 47.6 Å². The van der Waals surface area contributed by atoms with Gasteiger partial charge < -0.3 is 19.3 Å². The number of rotatable bonds is 9. The Labute approximate surface area is 189 Å². The van der Waals surface area contributed by atoms with E-state index in [1.807, 2.05) is 0 Å². The molecule has 0 spiro atoms. The lowest BCUT2D eigenvalue weighted by atomic mass is 10.1. The molecule has 1 saturated carbocycles. The number of nitro benzene ring substituents is 1. The highest BCUT2D eigenvalue weighted by molar-refractivity contribution is 7.99. The van der Waals surface area contributed by atoms with Gasteiger partial charge in [-0.2, -0.15) is 11.8 Å². The molecular weight excluding hydrogens is 441 g/mol. The van der Waals surface area contributed by atoms with E-state index in [1.165, 1.54) is 23.2 Å². The van der Waals surface area contributed by atoms with Crippen molar-refractivity contribution in [2.24, 2.45) is 0 Å². The van der Waals surface area contributed by atoms with Crippen LogP contribution in [0.3, 0.4) is 0 Å².